The number of carbonyl (C=O) groups is 3. The third-order valence-corrected chi connectivity index (χ3v) is 6.81. The highest BCUT2D eigenvalue weighted by Crippen LogP contribution is 2.25. The van der Waals surface area contributed by atoms with Crippen LogP contribution in [0.3, 0.4) is 0 Å². The largest absolute Gasteiger partial charge is 0.444 e. The Bertz CT molecular complexity index is 839. The predicted molar refractivity (Wildman–Crippen MR) is 158 cm³/mol. The van der Waals surface area contributed by atoms with E-state index in [1.54, 1.807) is 37.4 Å². The summed E-state index contributed by atoms with van der Waals surface area (Å²) in [6.07, 6.45) is 8.66. The smallest absolute Gasteiger partial charge is 0.408 e. The van der Waals surface area contributed by atoms with Crippen molar-refractivity contribution in [2.75, 3.05) is 25.1 Å². The van der Waals surface area contributed by atoms with Gasteiger partial charge in [-0.2, -0.15) is 11.8 Å². The van der Waals surface area contributed by atoms with Gasteiger partial charge in [0.2, 0.25) is 11.8 Å². The maximum atomic E-state index is 14.1. The Labute approximate surface area is 235 Å². The topological polar surface area (TPSA) is 87.7 Å². The zero-order chi connectivity index (χ0) is 28.6. The van der Waals surface area contributed by atoms with Gasteiger partial charge in [-0.15, -0.1) is 0 Å². The first-order chi connectivity index (χ1) is 18.0. The molecule has 7 nitrogen and oxygen atoms in total. The number of unbranched alkanes of at least 4 members (excludes halogenated alkanes) is 5. The number of carbonyl (C=O) groups excluding carboxylic acids is 3. The molecular weight excluding hydrogens is 498 g/mol. The Morgan fingerprint density at radius 1 is 0.974 bits per heavy atom. The third-order valence-electron chi connectivity index (χ3n) is 6.17. The highest BCUT2D eigenvalue weighted by atomic mass is 32.2. The molecule has 0 aliphatic carbocycles. The van der Waals surface area contributed by atoms with Crippen molar-refractivity contribution >= 4 is 29.7 Å². The molecule has 38 heavy (non-hydrogen) atoms. The fraction of sp³-hybridized carbons (Fsp3) is 0.700. The second kappa shape index (κ2) is 18.1. The van der Waals surface area contributed by atoms with Crippen LogP contribution < -0.4 is 10.6 Å². The molecule has 1 aromatic rings. The fourth-order valence-electron chi connectivity index (χ4n) is 4.12. The van der Waals surface area contributed by atoms with Gasteiger partial charge in [-0.1, -0.05) is 75.8 Å². The molecule has 0 saturated heterocycles. The molecule has 0 aliphatic rings. The highest BCUT2D eigenvalue weighted by molar-refractivity contribution is 7.98. The average Bonchev–Trinajstić information content (AvgIpc) is 2.85. The second-order valence-corrected chi connectivity index (χ2v) is 11.9. The lowest BCUT2D eigenvalue weighted by molar-refractivity contribution is -0.142. The second-order valence-electron chi connectivity index (χ2n) is 10.9. The average molecular weight is 550 g/mol. The van der Waals surface area contributed by atoms with Crippen LogP contribution in [-0.2, 0) is 14.3 Å². The zero-order valence-corrected chi connectivity index (χ0v) is 25.5. The van der Waals surface area contributed by atoms with Gasteiger partial charge in [-0.3, -0.25) is 9.59 Å². The molecular formula is C30H51N3O4S. The van der Waals surface area contributed by atoms with E-state index in [0.717, 1.165) is 56.1 Å². The summed E-state index contributed by atoms with van der Waals surface area (Å²) in [5.41, 5.74) is 1.18. The lowest BCUT2D eigenvalue weighted by Gasteiger charge is -2.34. The number of benzene rings is 1. The number of hydrogen-bond donors (Lipinski definition) is 2. The monoisotopic (exact) mass is 549 g/mol. The van der Waals surface area contributed by atoms with Crippen LogP contribution in [0.2, 0.25) is 0 Å². The van der Waals surface area contributed by atoms with Crippen LogP contribution in [0.5, 0.6) is 0 Å². The molecule has 0 fully saturated rings. The van der Waals surface area contributed by atoms with Crippen LogP contribution in [0, 0.1) is 6.92 Å². The van der Waals surface area contributed by atoms with Gasteiger partial charge in [-0.05, 0) is 64.5 Å². The Balaban J connectivity index is 3.38. The van der Waals surface area contributed by atoms with Crippen molar-refractivity contribution < 1.29 is 19.1 Å². The molecule has 8 heteroatoms. The van der Waals surface area contributed by atoms with Crippen molar-refractivity contribution in [2.24, 2.45) is 0 Å². The van der Waals surface area contributed by atoms with E-state index in [1.165, 1.54) is 0 Å². The maximum absolute atomic E-state index is 14.1. The summed E-state index contributed by atoms with van der Waals surface area (Å²) in [5.74, 6) is 0.249. The Morgan fingerprint density at radius 2 is 1.61 bits per heavy atom. The normalized spacial score (nSPS) is 12.9. The fourth-order valence-corrected chi connectivity index (χ4v) is 4.59. The molecule has 1 aromatic carbocycles. The summed E-state index contributed by atoms with van der Waals surface area (Å²) < 4.78 is 5.47. The first-order valence-electron chi connectivity index (χ1n) is 14.2. The van der Waals surface area contributed by atoms with Crippen molar-refractivity contribution in [3.8, 4) is 0 Å². The number of nitrogens with zero attached hydrogens (tertiary/aromatic N) is 1. The lowest BCUT2D eigenvalue weighted by atomic mass is 10.00. The van der Waals surface area contributed by atoms with Gasteiger partial charge in [0.25, 0.3) is 0 Å². The molecule has 0 heterocycles. The van der Waals surface area contributed by atoms with Crippen molar-refractivity contribution in [1.82, 2.24) is 15.5 Å². The van der Waals surface area contributed by atoms with Crippen molar-refractivity contribution in [1.29, 1.82) is 0 Å². The molecule has 0 radical (unpaired) electrons. The number of nitrogens with one attached hydrogen (secondary N) is 2. The van der Waals surface area contributed by atoms with Gasteiger partial charge < -0.3 is 20.3 Å². The molecule has 2 unspecified atom stereocenters. The van der Waals surface area contributed by atoms with Crippen LogP contribution >= 0.6 is 11.8 Å². The van der Waals surface area contributed by atoms with Crippen LogP contribution in [0.15, 0.2) is 24.3 Å². The van der Waals surface area contributed by atoms with E-state index in [1.807, 2.05) is 37.4 Å². The Morgan fingerprint density at radius 3 is 2.18 bits per heavy atom. The number of thioether (sulfide) groups is 1. The van der Waals surface area contributed by atoms with E-state index in [2.05, 4.69) is 24.5 Å². The number of alkyl carbamates (subject to hydrolysis) is 1. The summed E-state index contributed by atoms with van der Waals surface area (Å²) in [7, 11) is 0. The van der Waals surface area contributed by atoms with Gasteiger partial charge in [0.05, 0.1) is 0 Å². The highest BCUT2D eigenvalue weighted by Gasteiger charge is 2.35. The molecule has 0 saturated carbocycles. The predicted octanol–water partition coefficient (Wildman–Crippen LogP) is 6.40. The minimum atomic E-state index is -0.788. The number of hydrogen-bond acceptors (Lipinski definition) is 5. The summed E-state index contributed by atoms with van der Waals surface area (Å²) in [5, 5.41) is 5.88. The van der Waals surface area contributed by atoms with Gasteiger partial charge in [0.1, 0.15) is 17.7 Å². The molecule has 216 valence electrons. The van der Waals surface area contributed by atoms with Gasteiger partial charge in [-0.25, -0.2) is 4.79 Å². The van der Waals surface area contributed by atoms with Gasteiger partial charge >= 0.3 is 6.09 Å². The standard InChI is InChI=1S/C30H51N3O4S/c1-8-10-12-14-21-33(28(35)25(19-22-38-7)32-29(36)37-30(4,5)6)26(24-17-15-23(3)16-18-24)27(34)31-20-13-11-9-2/h15-18,25-26H,8-14,19-22H2,1-7H3,(H,31,34)(H,32,36). The van der Waals surface area contributed by atoms with Gasteiger partial charge in [0, 0.05) is 13.1 Å². The van der Waals surface area contributed by atoms with Crippen molar-refractivity contribution in [3.63, 3.8) is 0 Å². The number of amides is 3. The molecule has 0 bridgehead atoms. The Kier molecular flexibility index (Phi) is 16.1. The third kappa shape index (κ3) is 13.0. The van der Waals surface area contributed by atoms with Crippen LogP contribution in [0.25, 0.3) is 0 Å². The van der Waals surface area contributed by atoms with Crippen LogP contribution in [0.4, 0.5) is 4.79 Å². The van der Waals surface area contributed by atoms with E-state index in [4.69, 9.17) is 4.74 Å². The Hall–Kier alpha value is -2.22. The minimum absolute atomic E-state index is 0.185. The molecule has 2 atom stereocenters. The molecule has 1 rings (SSSR count). The minimum Gasteiger partial charge on any atom is -0.444 e. The van der Waals surface area contributed by atoms with Gasteiger partial charge in [0.15, 0.2) is 0 Å². The lowest BCUT2D eigenvalue weighted by Crippen LogP contribution is -2.53. The van der Waals surface area contributed by atoms with E-state index >= 15 is 0 Å². The maximum Gasteiger partial charge on any atom is 0.408 e. The molecule has 0 spiro atoms. The first-order valence-corrected chi connectivity index (χ1v) is 15.6. The summed E-state index contributed by atoms with van der Waals surface area (Å²) in [4.78, 5) is 42.2. The number of aryl methyl sites for hydroxylation is 1. The summed E-state index contributed by atoms with van der Waals surface area (Å²) in [6.45, 7) is 12.7. The van der Waals surface area contributed by atoms with E-state index in [9.17, 15) is 14.4 Å². The molecule has 3 amide bonds. The summed E-state index contributed by atoms with van der Waals surface area (Å²) in [6, 6.07) is 6.23. The van der Waals surface area contributed by atoms with E-state index < -0.39 is 23.8 Å². The van der Waals surface area contributed by atoms with Crippen molar-refractivity contribution in [3.05, 3.63) is 35.4 Å². The van der Waals surface area contributed by atoms with Crippen molar-refractivity contribution in [2.45, 2.75) is 111 Å². The summed E-state index contributed by atoms with van der Waals surface area (Å²) >= 11 is 1.61. The number of rotatable bonds is 17. The zero-order valence-electron chi connectivity index (χ0n) is 24.7. The van der Waals surface area contributed by atoms with Crippen LogP contribution in [-0.4, -0.2) is 59.5 Å². The molecule has 0 aliphatic heterocycles. The number of ether oxygens (including phenoxy) is 1. The first kappa shape index (κ1) is 33.8. The molecule has 0 aromatic heterocycles. The SMILES string of the molecule is CCCCCCN(C(=O)C(CCSC)NC(=O)OC(C)(C)C)C(C(=O)NCCCCC)c1ccc(C)cc1. The molecule has 2 N–H and O–H groups in total. The quantitative estimate of drug-likeness (QED) is 0.220. The van der Waals surface area contributed by atoms with E-state index in [-0.39, 0.29) is 11.8 Å². The van der Waals surface area contributed by atoms with E-state index in [0.29, 0.717) is 25.3 Å². The van der Waals surface area contributed by atoms with Crippen LogP contribution in [0.1, 0.15) is 103 Å².